The Bertz CT molecular complexity index is 1320. The molecule has 1 saturated carbocycles. The average Bonchev–Trinajstić information content (AvgIpc) is 2.90. The Hall–Kier alpha value is -2.16. The maximum atomic E-state index is 11.2. The van der Waals surface area contributed by atoms with Gasteiger partial charge < -0.3 is 15.3 Å². The fourth-order valence-corrected chi connectivity index (χ4v) is 5.31. The maximum absolute atomic E-state index is 11.2. The molecule has 8 heteroatoms. The summed E-state index contributed by atoms with van der Waals surface area (Å²) >= 11 is 2.84. The van der Waals surface area contributed by atoms with Gasteiger partial charge in [-0.25, -0.2) is 0 Å². The molecule has 1 aliphatic carbocycles. The Balaban J connectivity index is 0.00000144. The monoisotopic (exact) mass is 757 g/mol. The van der Waals surface area contributed by atoms with Crippen molar-refractivity contribution in [2.45, 2.75) is 154 Å². The standard InChI is InChI=1S/C36H54N2O2.C3H5BrO2.Co/c1-33(2,3)25-17-23(31(39)27(19-25)35(7,8)9)21-37-29-15-13-14-16-30(29)38-22-24-18-26(34(4,5)6)20-28(32(24)40)36(10,11)12;1-2(4)3(5)6;/h17-22,29-30,39-40H,13-16H2,1-12H3;2H,1H3,(H,5,6);. The maximum Gasteiger partial charge on any atom is 0.316 e. The summed E-state index contributed by atoms with van der Waals surface area (Å²) in [6.07, 6.45) is 7.90. The molecule has 3 atom stereocenters. The van der Waals surface area contributed by atoms with Crippen LogP contribution in [0.5, 0.6) is 11.5 Å². The van der Waals surface area contributed by atoms with E-state index in [9.17, 15) is 15.0 Å². The number of phenols is 2. The molecule has 265 valence electrons. The summed E-state index contributed by atoms with van der Waals surface area (Å²) < 4.78 is 0. The van der Waals surface area contributed by atoms with Gasteiger partial charge in [0.15, 0.2) is 0 Å². The topological polar surface area (TPSA) is 102 Å². The van der Waals surface area contributed by atoms with E-state index in [1.807, 2.05) is 12.4 Å². The van der Waals surface area contributed by atoms with Crippen molar-refractivity contribution in [1.82, 2.24) is 0 Å². The Morgan fingerprint density at radius 1 is 0.702 bits per heavy atom. The number of hydrogen-bond acceptors (Lipinski definition) is 5. The van der Waals surface area contributed by atoms with E-state index in [1.54, 1.807) is 6.92 Å². The number of carbonyl (C=O) groups is 1. The third kappa shape index (κ3) is 12.3. The second kappa shape index (κ2) is 16.5. The van der Waals surface area contributed by atoms with E-state index in [2.05, 4.69) is 123 Å². The summed E-state index contributed by atoms with van der Waals surface area (Å²) in [4.78, 5) is 19.3. The summed E-state index contributed by atoms with van der Waals surface area (Å²) in [6.45, 7) is 27.6. The molecule has 0 amide bonds. The number of aliphatic imine (C=N–C) groups is 2. The van der Waals surface area contributed by atoms with Crippen LogP contribution in [0.3, 0.4) is 0 Å². The van der Waals surface area contributed by atoms with E-state index in [1.165, 1.54) is 11.1 Å². The number of aromatic hydroxyl groups is 2. The van der Waals surface area contributed by atoms with E-state index in [0.29, 0.717) is 11.5 Å². The smallest absolute Gasteiger partial charge is 0.316 e. The fraction of sp³-hybridized carbons (Fsp3) is 0.615. The largest absolute Gasteiger partial charge is 0.507 e. The zero-order valence-electron chi connectivity index (χ0n) is 30.9. The Kier molecular flexibility index (Phi) is 15.0. The molecule has 2 aromatic carbocycles. The van der Waals surface area contributed by atoms with Crippen molar-refractivity contribution < 1.29 is 36.9 Å². The van der Waals surface area contributed by atoms with Crippen LogP contribution in [0.4, 0.5) is 0 Å². The molecule has 47 heavy (non-hydrogen) atoms. The predicted octanol–water partition coefficient (Wildman–Crippen LogP) is 9.99. The molecule has 0 spiro atoms. The van der Waals surface area contributed by atoms with E-state index in [4.69, 9.17) is 15.1 Å². The molecular formula is C39H59BrCoN2O4. The summed E-state index contributed by atoms with van der Waals surface area (Å²) in [5, 5.41) is 30.4. The van der Waals surface area contributed by atoms with E-state index in [-0.39, 0.29) is 50.5 Å². The number of hydrogen-bond donors (Lipinski definition) is 3. The molecule has 1 radical (unpaired) electrons. The van der Waals surface area contributed by atoms with Crippen LogP contribution >= 0.6 is 15.9 Å². The molecule has 0 aromatic heterocycles. The Labute approximate surface area is 303 Å². The van der Waals surface area contributed by atoms with Gasteiger partial charge in [-0.05, 0) is 64.7 Å². The molecule has 0 aliphatic heterocycles. The van der Waals surface area contributed by atoms with Crippen molar-refractivity contribution in [1.29, 1.82) is 0 Å². The normalized spacial score (nSPS) is 18.4. The molecule has 0 saturated heterocycles. The minimum atomic E-state index is -0.824. The number of halogens is 1. The molecule has 1 aliphatic rings. The fourth-order valence-electron chi connectivity index (χ4n) is 5.31. The second-order valence-electron chi connectivity index (χ2n) is 16.9. The van der Waals surface area contributed by atoms with Crippen molar-refractivity contribution in [2.24, 2.45) is 9.98 Å². The molecule has 3 rings (SSSR count). The summed E-state index contributed by atoms with van der Waals surface area (Å²) in [5.41, 5.74) is 5.39. The quantitative estimate of drug-likeness (QED) is 0.209. The van der Waals surface area contributed by atoms with E-state index < -0.39 is 10.8 Å². The number of nitrogens with zero attached hydrogens (tertiary/aromatic N) is 2. The molecule has 6 nitrogen and oxygen atoms in total. The van der Waals surface area contributed by atoms with Gasteiger partial charge in [0.25, 0.3) is 0 Å². The molecular weight excluding hydrogens is 699 g/mol. The molecule has 0 heterocycles. The number of aliphatic carboxylic acids is 1. The van der Waals surface area contributed by atoms with E-state index >= 15 is 0 Å². The molecule has 3 N–H and O–H groups in total. The minimum absolute atomic E-state index is 0. The number of rotatable bonds is 5. The van der Waals surface area contributed by atoms with Gasteiger partial charge in [0.2, 0.25) is 0 Å². The van der Waals surface area contributed by atoms with Crippen LogP contribution in [0.1, 0.15) is 149 Å². The van der Waals surface area contributed by atoms with Crippen LogP contribution in [0.25, 0.3) is 0 Å². The van der Waals surface area contributed by atoms with Gasteiger partial charge in [0.1, 0.15) is 16.3 Å². The van der Waals surface area contributed by atoms with Gasteiger partial charge in [0, 0.05) is 51.5 Å². The summed E-state index contributed by atoms with van der Waals surface area (Å²) in [6, 6.07) is 8.53. The van der Waals surface area contributed by atoms with Crippen LogP contribution in [0.15, 0.2) is 34.3 Å². The van der Waals surface area contributed by atoms with Crippen LogP contribution in [0, 0.1) is 0 Å². The van der Waals surface area contributed by atoms with Gasteiger partial charge >= 0.3 is 5.97 Å². The van der Waals surface area contributed by atoms with Gasteiger partial charge in [-0.1, -0.05) is 124 Å². The first-order valence-corrected chi connectivity index (χ1v) is 17.4. The van der Waals surface area contributed by atoms with Crippen LogP contribution in [-0.4, -0.2) is 50.6 Å². The van der Waals surface area contributed by atoms with Gasteiger partial charge in [-0.3, -0.25) is 14.8 Å². The van der Waals surface area contributed by atoms with Crippen molar-refractivity contribution >= 4 is 34.3 Å². The first kappa shape index (κ1) is 42.9. The number of carboxylic acid groups (broad SMARTS) is 1. The molecule has 2 aromatic rings. The summed E-state index contributed by atoms with van der Waals surface area (Å²) in [5.74, 6) is -0.188. The first-order valence-electron chi connectivity index (χ1n) is 16.5. The first-order chi connectivity index (χ1) is 20.8. The zero-order valence-corrected chi connectivity index (χ0v) is 33.5. The number of carboxylic acids is 1. The Morgan fingerprint density at radius 3 is 1.23 bits per heavy atom. The SMILES string of the molecule is CC(Br)C(=O)O.CC(C)(C)c1cc(C=NC2CCCCC2N=Cc2cc(C(C)(C)C)cc(C(C)(C)C)c2O)c(O)c(C(C)(C)C)c1.[Co]. The van der Waals surface area contributed by atoms with E-state index in [0.717, 1.165) is 47.9 Å². The average molecular weight is 759 g/mol. The number of phenolic OH excluding ortho intramolecular Hbond substituents is 2. The number of alkyl halides is 1. The third-order valence-corrected chi connectivity index (χ3v) is 8.86. The van der Waals surface area contributed by atoms with Gasteiger partial charge in [-0.2, -0.15) is 0 Å². The van der Waals surface area contributed by atoms with Crippen LogP contribution in [-0.2, 0) is 43.2 Å². The zero-order chi connectivity index (χ0) is 35.4. The van der Waals surface area contributed by atoms with Crippen LogP contribution < -0.4 is 0 Å². The van der Waals surface area contributed by atoms with Crippen molar-refractivity contribution in [3.05, 3.63) is 57.6 Å². The van der Waals surface area contributed by atoms with Crippen molar-refractivity contribution in [3.63, 3.8) is 0 Å². The van der Waals surface area contributed by atoms with Gasteiger partial charge in [-0.15, -0.1) is 0 Å². The van der Waals surface area contributed by atoms with Crippen molar-refractivity contribution in [2.75, 3.05) is 0 Å². The summed E-state index contributed by atoms with van der Waals surface area (Å²) in [7, 11) is 0. The predicted molar refractivity (Wildman–Crippen MR) is 198 cm³/mol. The Morgan fingerprint density at radius 2 is 1.00 bits per heavy atom. The molecule has 0 bridgehead atoms. The molecule has 1 fully saturated rings. The van der Waals surface area contributed by atoms with Crippen molar-refractivity contribution in [3.8, 4) is 11.5 Å². The van der Waals surface area contributed by atoms with Gasteiger partial charge in [0.05, 0.1) is 12.1 Å². The molecule has 3 unspecified atom stereocenters. The third-order valence-electron chi connectivity index (χ3n) is 8.47. The number of benzene rings is 2. The second-order valence-corrected chi connectivity index (χ2v) is 18.2. The van der Waals surface area contributed by atoms with Crippen LogP contribution in [0.2, 0.25) is 0 Å². The minimum Gasteiger partial charge on any atom is -0.507 e.